The van der Waals surface area contributed by atoms with Crippen LogP contribution in [0.15, 0.2) is 30.3 Å². The number of hydrogen-bond acceptors (Lipinski definition) is 3. The summed E-state index contributed by atoms with van der Waals surface area (Å²) < 4.78 is 13.5. The van der Waals surface area contributed by atoms with Crippen LogP contribution in [0.25, 0.3) is 22.2 Å². The third kappa shape index (κ3) is 4.99. The Hall–Kier alpha value is -2.73. The van der Waals surface area contributed by atoms with Gasteiger partial charge in [-0.2, -0.15) is 0 Å². The molecule has 2 saturated heterocycles. The summed E-state index contributed by atoms with van der Waals surface area (Å²) in [5.74, 6) is 0.967. The molecule has 6 heteroatoms. The number of fused-ring (bicyclic) bond motifs is 1. The fraction of sp³-hybridized carbons (Fsp3) is 0.517. The number of carbonyl (C=O) groups excluding carboxylic acids is 1. The van der Waals surface area contributed by atoms with Crippen LogP contribution in [0, 0.1) is 13.8 Å². The molecule has 35 heavy (non-hydrogen) atoms. The van der Waals surface area contributed by atoms with Crippen molar-refractivity contribution in [2.24, 2.45) is 0 Å². The van der Waals surface area contributed by atoms with Crippen LogP contribution >= 0.6 is 0 Å². The normalized spacial score (nSPS) is 19.8. The van der Waals surface area contributed by atoms with Crippen molar-refractivity contribution in [1.82, 2.24) is 19.8 Å². The van der Waals surface area contributed by atoms with Gasteiger partial charge in [-0.1, -0.05) is 19.9 Å². The monoisotopic (exact) mass is 476 g/mol. The van der Waals surface area contributed by atoms with Gasteiger partial charge in [-0.15, -0.1) is 0 Å². The van der Waals surface area contributed by atoms with Crippen molar-refractivity contribution in [3.63, 3.8) is 0 Å². The summed E-state index contributed by atoms with van der Waals surface area (Å²) in [6, 6.07) is 11.2. The number of nitrogens with one attached hydrogen (secondary N) is 1. The molecule has 2 aliphatic rings. The molecule has 5 rings (SSSR count). The van der Waals surface area contributed by atoms with Gasteiger partial charge in [0.2, 0.25) is 5.91 Å². The second-order valence-corrected chi connectivity index (χ2v) is 10.8. The highest BCUT2D eigenvalue weighted by atomic mass is 19.1. The van der Waals surface area contributed by atoms with Crippen LogP contribution in [0.5, 0.6) is 0 Å². The lowest BCUT2D eigenvalue weighted by molar-refractivity contribution is -0.131. The fourth-order valence-corrected chi connectivity index (χ4v) is 5.95. The Balaban J connectivity index is 1.33. The maximum Gasteiger partial charge on any atom is 0.236 e. The number of aromatic amines is 1. The summed E-state index contributed by atoms with van der Waals surface area (Å²) >= 11 is 0. The predicted molar refractivity (Wildman–Crippen MR) is 140 cm³/mol. The molecule has 0 aliphatic carbocycles. The van der Waals surface area contributed by atoms with Gasteiger partial charge in [-0.05, 0) is 93.4 Å². The van der Waals surface area contributed by atoms with Gasteiger partial charge in [0.1, 0.15) is 6.17 Å². The van der Waals surface area contributed by atoms with Crippen LogP contribution in [-0.4, -0.2) is 64.6 Å². The van der Waals surface area contributed by atoms with Gasteiger partial charge in [0, 0.05) is 34.4 Å². The minimum absolute atomic E-state index is 0.0769. The summed E-state index contributed by atoms with van der Waals surface area (Å²) in [6.45, 7) is 11.7. The molecule has 3 aromatic rings. The lowest BCUT2D eigenvalue weighted by Gasteiger charge is -2.32. The maximum atomic E-state index is 13.5. The van der Waals surface area contributed by atoms with Crippen molar-refractivity contribution in [3.05, 3.63) is 52.8 Å². The van der Waals surface area contributed by atoms with Gasteiger partial charge in [-0.25, -0.2) is 4.39 Å². The smallest absolute Gasteiger partial charge is 0.236 e. The summed E-state index contributed by atoms with van der Waals surface area (Å²) in [5.41, 5.74) is 8.41. The number of amides is 1. The van der Waals surface area contributed by atoms with Crippen LogP contribution in [0.2, 0.25) is 0 Å². The van der Waals surface area contributed by atoms with Crippen molar-refractivity contribution < 1.29 is 9.18 Å². The number of hydrogen-bond donors (Lipinski definition) is 1. The van der Waals surface area contributed by atoms with Gasteiger partial charge in [0.05, 0.1) is 18.8 Å². The molecule has 1 amide bonds. The molecule has 1 aromatic carbocycles. The number of piperidine rings is 1. The van der Waals surface area contributed by atoms with E-state index in [1.54, 1.807) is 4.90 Å². The van der Waals surface area contributed by atoms with E-state index in [2.05, 4.69) is 72.9 Å². The molecule has 2 fully saturated rings. The average molecular weight is 477 g/mol. The first-order valence-electron chi connectivity index (χ1n) is 13.0. The largest absolute Gasteiger partial charge is 0.354 e. The number of pyridine rings is 1. The second kappa shape index (κ2) is 9.73. The highest BCUT2D eigenvalue weighted by Gasteiger charge is 2.29. The number of benzene rings is 1. The van der Waals surface area contributed by atoms with Gasteiger partial charge >= 0.3 is 0 Å². The van der Waals surface area contributed by atoms with Crippen LogP contribution in [0.3, 0.4) is 0 Å². The molecule has 5 nitrogen and oxygen atoms in total. The average Bonchev–Trinajstić information content (AvgIpc) is 3.42. The molecule has 0 bridgehead atoms. The lowest BCUT2D eigenvalue weighted by atomic mass is 9.87. The Kier molecular flexibility index (Phi) is 6.67. The number of carbonyl (C=O) groups is 1. The molecule has 4 heterocycles. The number of rotatable bonds is 5. The SMILES string of the molecule is Cc1cc(-c2[nH]c3ccc(C4CCN(CC(=O)N5CCC(F)C5)CC4)cc3c2C(C)C)cc(C)n1. The minimum atomic E-state index is -0.851. The quantitative estimate of drug-likeness (QED) is 0.512. The number of aromatic nitrogens is 2. The second-order valence-electron chi connectivity index (χ2n) is 10.8. The van der Waals surface area contributed by atoms with E-state index in [-0.39, 0.29) is 12.5 Å². The van der Waals surface area contributed by atoms with Gasteiger partial charge in [0.25, 0.3) is 0 Å². The topological polar surface area (TPSA) is 52.2 Å². The van der Waals surface area contributed by atoms with Crippen LogP contribution in [0.1, 0.15) is 67.5 Å². The first-order chi connectivity index (χ1) is 16.8. The van der Waals surface area contributed by atoms with Gasteiger partial charge in [0.15, 0.2) is 0 Å². The molecule has 2 aromatic heterocycles. The molecule has 186 valence electrons. The Morgan fingerprint density at radius 2 is 1.80 bits per heavy atom. The van der Waals surface area contributed by atoms with E-state index in [1.165, 1.54) is 33.3 Å². The van der Waals surface area contributed by atoms with Crippen LogP contribution in [-0.2, 0) is 4.79 Å². The first kappa shape index (κ1) is 24.0. The molecule has 1 N–H and O–H groups in total. The Bertz CT molecular complexity index is 1200. The highest BCUT2D eigenvalue weighted by molar-refractivity contribution is 5.92. The van der Waals surface area contributed by atoms with Crippen molar-refractivity contribution >= 4 is 16.8 Å². The van der Waals surface area contributed by atoms with E-state index in [1.807, 2.05) is 0 Å². The number of likely N-dealkylation sites (tertiary alicyclic amines) is 2. The standard InChI is InChI=1S/C29H37FN4O/c1-18(2)28-25-15-22(5-6-26(25)32-29(28)23-13-19(3)31-20(4)14-23)21-7-10-33(11-8-21)17-27(35)34-12-9-24(30)16-34/h5-6,13-15,18,21,24,32H,7-12,16-17H2,1-4H3. The summed E-state index contributed by atoms with van der Waals surface area (Å²) in [4.78, 5) is 24.7. The minimum Gasteiger partial charge on any atom is -0.354 e. The van der Waals surface area contributed by atoms with Crippen molar-refractivity contribution in [2.45, 2.75) is 65.0 Å². The summed E-state index contributed by atoms with van der Waals surface area (Å²) in [7, 11) is 0. The predicted octanol–water partition coefficient (Wildman–Crippen LogP) is 5.72. The number of alkyl halides is 1. The van der Waals surface area contributed by atoms with E-state index < -0.39 is 6.17 Å². The number of H-pyrrole nitrogens is 1. The highest BCUT2D eigenvalue weighted by Crippen LogP contribution is 2.38. The third-order valence-corrected chi connectivity index (χ3v) is 7.71. The summed E-state index contributed by atoms with van der Waals surface area (Å²) in [6.07, 6.45) is 1.72. The van der Waals surface area contributed by atoms with Crippen molar-refractivity contribution in [2.75, 3.05) is 32.7 Å². The van der Waals surface area contributed by atoms with Gasteiger partial charge < -0.3 is 9.88 Å². The summed E-state index contributed by atoms with van der Waals surface area (Å²) in [5, 5.41) is 1.31. The fourth-order valence-electron chi connectivity index (χ4n) is 5.95. The zero-order chi connectivity index (χ0) is 24.7. The maximum absolute atomic E-state index is 13.5. The zero-order valence-electron chi connectivity index (χ0n) is 21.4. The Labute approximate surface area is 207 Å². The van der Waals surface area contributed by atoms with E-state index in [0.717, 1.165) is 37.3 Å². The third-order valence-electron chi connectivity index (χ3n) is 7.71. The van der Waals surface area contributed by atoms with E-state index >= 15 is 0 Å². The van der Waals surface area contributed by atoms with Crippen molar-refractivity contribution in [1.29, 1.82) is 0 Å². The van der Waals surface area contributed by atoms with E-state index in [9.17, 15) is 9.18 Å². The van der Waals surface area contributed by atoms with E-state index in [0.29, 0.717) is 31.3 Å². The van der Waals surface area contributed by atoms with Gasteiger partial charge in [-0.3, -0.25) is 14.7 Å². The Morgan fingerprint density at radius 1 is 1.09 bits per heavy atom. The Morgan fingerprint density at radius 3 is 2.43 bits per heavy atom. The number of halogens is 1. The first-order valence-corrected chi connectivity index (χ1v) is 13.0. The molecule has 1 atom stereocenters. The van der Waals surface area contributed by atoms with Crippen LogP contribution < -0.4 is 0 Å². The molecular weight excluding hydrogens is 439 g/mol. The number of aryl methyl sites for hydroxylation is 2. The lowest BCUT2D eigenvalue weighted by Crippen LogP contribution is -2.42. The molecular formula is C29H37FN4O. The number of nitrogens with zero attached hydrogens (tertiary/aromatic N) is 3. The van der Waals surface area contributed by atoms with E-state index in [4.69, 9.17) is 0 Å². The van der Waals surface area contributed by atoms with Crippen LogP contribution in [0.4, 0.5) is 4.39 Å². The zero-order valence-corrected chi connectivity index (χ0v) is 21.4. The molecule has 0 saturated carbocycles. The molecule has 0 spiro atoms. The molecule has 2 aliphatic heterocycles. The van der Waals surface area contributed by atoms with Crippen molar-refractivity contribution in [3.8, 4) is 11.3 Å². The molecule has 1 unspecified atom stereocenters. The molecule has 0 radical (unpaired) electrons.